The number of halogens is 3. The van der Waals surface area contributed by atoms with Crippen molar-refractivity contribution in [1.82, 2.24) is 15.0 Å². The number of nitrogens with two attached hydrogens (primary N) is 1. The van der Waals surface area contributed by atoms with Crippen molar-refractivity contribution in [3.63, 3.8) is 0 Å². The van der Waals surface area contributed by atoms with E-state index in [1.54, 1.807) is 12.3 Å². The molecule has 1 aromatic carbocycles. The fraction of sp³-hybridized carbons (Fsp3) is 0.480. The van der Waals surface area contributed by atoms with Crippen molar-refractivity contribution in [1.29, 1.82) is 0 Å². The zero-order valence-corrected chi connectivity index (χ0v) is 22.0. The van der Waals surface area contributed by atoms with Gasteiger partial charge in [-0.25, -0.2) is 18.4 Å². The van der Waals surface area contributed by atoms with Gasteiger partial charge in [0.1, 0.15) is 5.82 Å². The molecule has 1 fully saturated rings. The lowest BCUT2D eigenvalue weighted by molar-refractivity contribution is -0.129. The summed E-state index contributed by atoms with van der Waals surface area (Å²) < 4.78 is 69.0. The number of hydrogen-bond donors (Lipinski definition) is 3. The summed E-state index contributed by atoms with van der Waals surface area (Å²) in [5, 5.41) is 4.24. The van der Waals surface area contributed by atoms with Gasteiger partial charge in [-0.2, -0.15) is 18.2 Å². The van der Waals surface area contributed by atoms with Crippen LogP contribution < -0.4 is 20.5 Å². The molecule has 3 aromatic rings. The lowest BCUT2D eigenvalue weighted by atomic mass is 9.92. The van der Waals surface area contributed by atoms with Crippen LogP contribution in [0.15, 0.2) is 30.5 Å². The van der Waals surface area contributed by atoms with E-state index in [2.05, 4.69) is 20.0 Å². The average molecular weight is 553 g/mol. The van der Waals surface area contributed by atoms with Crippen LogP contribution in [0.2, 0.25) is 0 Å². The topological polar surface area (TPSA) is 132 Å². The summed E-state index contributed by atoms with van der Waals surface area (Å²) >= 11 is 0. The van der Waals surface area contributed by atoms with Crippen LogP contribution in [-0.2, 0) is 16.4 Å². The van der Waals surface area contributed by atoms with Gasteiger partial charge >= 0.3 is 6.18 Å². The first-order chi connectivity index (χ1) is 18.0. The lowest BCUT2D eigenvalue weighted by Crippen LogP contribution is -2.33. The molecule has 206 valence electrons. The van der Waals surface area contributed by atoms with Crippen LogP contribution in [0.25, 0.3) is 22.0 Å². The van der Waals surface area contributed by atoms with Crippen molar-refractivity contribution in [3.8, 4) is 17.0 Å². The molecule has 0 unspecified atom stereocenters. The molecule has 1 saturated carbocycles. The number of aromatic nitrogens is 3. The Morgan fingerprint density at radius 3 is 2.53 bits per heavy atom. The molecule has 38 heavy (non-hydrogen) atoms. The first-order valence-electron chi connectivity index (χ1n) is 12.4. The van der Waals surface area contributed by atoms with Crippen LogP contribution in [0, 0.1) is 0 Å². The van der Waals surface area contributed by atoms with E-state index in [0.717, 1.165) is 47.7 Å². The van der Waals surface area contributed by atoms with Gasteiger partial charge in [0.05, 0.1) is 24.8 Å². The van der Waals surface area contributed by atoms with E-state index >= 15 is 0 Å². The Balaban J connectivity index is 1.59. The largest absolute Gasteiger partial charge is 0.480 e. The van der Waals surface area contributed by atoms with E-state index in [4.69, 9.17) is 15.5 Å². The van der Waals surface area contributed by atoms with E-state index in [-0.39, 0.29) is 23.8 Å². The van der Waals surface area contributed by atoms with Crippen molar-refractivity contribution in [2.75, 3.05) is 22.9 Å². The van der Waals surface area contributed by atoms with Crippen LogP contribution in [-0.4, -0.2) is 54.5 Å². The maximum absolute atomic E-state index is 12.5. The van der Waals surface area contributed by atoms with Crippen LogP contribution in [0.1, 0.15) is 44.6 Å². The second-order valence-corrected chi connectivity index (χ2v) is 11.3. The number of benzene rings is 1. The van der Waals surface area contributed by atoms with Crippen LogP contribution >= 0.6 is 0 Å². The SMILES string of the molecule is CCc1cc(-c2ccc(NS(=O)(=O)CCC(F)(F)F)nc2OC)cc2cnc(N[C@H]3CC[C@H](N)CC3)nc12. The Bertz CT molecular complexity index is 1390. The maximum Gasteiger partial charge on any atom is 0.390 e. The number of sulfonamides is 1. The van der Waals surface area contributed by atoms with Crippen molar-refractivity contribution in [2.45, 2.75) is 63.7 Å². The summed E-state index contributed by atoms with van der Waals surface area (Å²) in [7, 11) is -2.86. The van der Waals surface area contributed by atoms with Gasteiger partial charge in [0.25, 0.3) is 0 Å². The highest BCUT2D eigenvalue weighted by atomic mass is 32.2. The highest BCUT2D eigenvalue weighted by Gasteiger charge is 2.30. The van der Waals surface area contributed by atoms with E-state index in [1.807, 2.05) is 19.1 Å². The van der Waals surface area contributed by atoms with Gasteiger partial charge in [0, 0.05) is 29.2 Å². The summed E-state index contributed by atoms with van der Waals surface area (Å²) in [5.74, 6) is -0.538. The van der Waals surface area contributed by atoms with Gasteiger partial charge in [0.2, 0.25) is 21.9 Å². The predicted octanol–water partition coefficient (Wildman–Crippen LogP) is 4.64. The zero-order chi connectivity index (χ0) is 27.5. The third-order valence-corrected chi connectivity index (χ3v) is 7.79. The van der Waals surface area contributed by atoms with Crippen LogP contribution in [0.5, 0.6) is 5.88 Å². The van der Waals surface area contributed by atoms with Crippen molar-refractivity contribution in [2.24, 2.45) is 5.73 Å². The number of ether oxygens (including phenoxy) is 1. The number of hydrogen-bond acceptors (Lipinski definition) is 8. The minimum absolute atomic E-state index is 0.122. The summed E-state index contributed by atoms with van der Waals surface area (Å²) in [4.78, 5) is 13.4. The van der Waals surface area contributed by atoms with Crippen molar-refractivity contribution in [3.05, 3.63) is 36.0 Å². The Morgan fingerprint density at radius 1 is 1.13 bits per heavy atom. The molecule has 2 aromatic heterocycles. The third kappa shape index (κ3) is 7.01. The molecule has 4 rings (SSSR count). The van der Waals surface area contributed by atoms with Crippen LogP contribution in [0.3, 0.4) is 0 Å². The summed E-state index contributed by atoms with van der Waals surface area (Å²) in [5.41, 5.74) is 9.15. The standard InChI is InChI=1S/C25H31F3N6O3S/c1-3-15-12-16(13-17-14-30-24(33-22(15)17)31-19-6-4-18(29)5-7-19)20-8-9-21(32-23(20)37-2)34-38(35,36)11-10-25(26,27)28/h8-9,12-14,18-19H,3-7,10-11,29H2,1-2H3,(H,32,34)(H,30,31,33)/t18-,19-. The lowest BCUT2D eigenvalue weighted by Gasteiger charge is -2.26. The molecular weight excluding hydrogens is 521 g/mol. The van der Waals surface area contributed by atoms with E-state index < -0.39 is 28.4 Å². The molecule has 0 bridgehead atoms. The number of nitrogens with zero attached hydrogens (tertiary/aromatic N) is 3. The fourth-order valence-corrected chi connectivity index (χ4v) is 5.53. The van der Waals surface area contributed by atoms with Gasteiger partial charge in [-0.3, -0.25) is 4.72 Å². The summed E-state index contributed by atoms with van der Waals surface area (Å²) in [6.07, 6.45) is 0.310. The maximum atomic E-state index is 12.5. The fourth-order valence-electron chi connectivity index (χ4n) is 4.49. The molecule has 1 aliphatic carbocycles. The Morgan fingerprint density at radius 2 is 1.87 bits per heavy atom. The van der Waals surface area contributed by atoms with Gasteiger partial charge < -0.3 is 15.8 Å². The second-order valence-electron chi connectivity index (χ2n) is 9.42. The molecular formula is C25H31F3N6O3S. The molecule has 0 saturated heterocycles. The van der Waals surface area contributed by atoms with Gasteiger partial charge in [-0.05, 0) is 67.5 Å². The minimum Gasteiger partial charge on any atom is -0.480 e. The number of rotatable bonds is 9. The zero-order valence-electron chi connectivity index (χ0n) is 21.2. The summed E-state index contributed by atoms with van der Waals surface area (Å²) in [6.45, 7) is 2.02. The Kier molecular flexibility index (Phi) is 8.26. The van der Waals surface area contributed by atoms with Gasteiger partial charge in [-0.1, -0.05) is 6.92 Å². The molecule has 0 amide bonds. The molecule has 4 N–H and O–H groups in total. The van der Waals surface area contributed by atoms with Crippen LogP contribution in [0.4, 0.5) is 24.9 Å². The van der Waals surface area contributed by atoms with E-state index in [0.29, 0.717) is 17.9 Å². The van der Waals surface area contributed by atoms with E-state index in [9.17, 15) is 21.6 Å². The number of pyridine rings is 1. The number of alkyl halides is 3. The number of aryl methyl sites for hydroxylation is 1. The molecule has 0 aliphatic heterocycles. The second kappa shape index (κ2) is 11.3. The Hall–Kier alpha value is -3.19. The Labute approximate surface area is 219 Å². The van der Waals surface area contributed by atoms with Gasteiger partial charge in [-0.15, -0.1) is 0 Å². The van der Waals surface area contributed by atoms with Crippen molar-refractivity contribution < 1.29 is 26.3 Å². The smallest absolute Gasteiger partial charge is 0.390 e. The highest BCUT2D eigenvalue weighted by molar-refractivity contribution is 7.92. The quantitative estimate of drug-likeness (QED) is 0.350. The van der Waals surface area contributed by atoms with E-state index in [1.165, 1.54) is 13.2 Å². The van der Waals surface area contributed by atoms with Gasteiger partial charge in [0.15, 0.2) is 0 Å². The molecule has 9 nitrogen and oxygen atoms in total. The molecule has 0 atom stereocenters. The molecule has 0 spiro atoms. The number of methoxy groups -OCH3 is 1. The number of fused-ring (bicyclic) bond motifs is 1. The predicted molar refractivity (Wildman–Crippen MR) is 141 cm³/mol. The van der Waals surface area contributed by atoms with Crippen molar-refractivity contribution >= 4 is 32.7 Å². The normalized spacial score (nSPS) is 18.4. The molecule has 1 aliphatic rings. The molecule has 2 heterocycles. The number of nitrogens with one attached hydrogen (secondary N) is 2. The minimum atomic E-state index is -4.58. The average Bonchev–Trinajstić information content (AvgIpc) is 2.87. The number of anilines is 2. The first kappa shape index (κ1) is 27.8. The first-order valence-corrected chi connectivity index (χ1v) is 14.1. The summed E-state index contributed by atoms with van der Waals surface area (Å²) in [6, 6.07) is 7.40. The third-order valence-electron chi connectivity index (χ3n) is 6.53. The highest BCUT2D eigenvalue weighted by Crippen LogP contribution is 2.34. The molecule has 0 radical (unpaired) electrons. The monoisotopic (exact) mass is 552 g/mol. The molecule has 13 heteroatoms.